The van der Waals surface area contributed by atoms with Crippen LogP contribution in [-0.4, -0.2) is 25.2 Å². The van der Waals surface area contributed by atoms with Gasteiger partial charge in [0.1, 0.15) is 0 Å². The van der Waals surface area contributed by atoms with Crippen molar-refractivity contribution in [3.63, 3.8) is 0 Å². The van der Waals surface area contributed by atoms with Gasteiger partial charge in [0.15, 0.2) is 0 Å². The number of carbonyl (C=O) groups is 2. The molecule has 0 bridgehead atoms. The Balaban J connectivity index is 1.01. The molecule has 0 aliphatic heterocycles. The first-order chi connectivity index (χ1) is 24.7. The van der Waals surface area contributed by atoms with E-state index >= 15 is 0 Å². The van der Waals surface area contributed by atoms with E-state index in [4.69, 9.17) is 9.47 Å². The molecular weight excluding hydrogens is 641 g/mol. The monoisotopic (exact) mass is 711 g/mol. The highest BCUT2D eigenvalue weighted by atomic mass is 16.5. The zero-order valence-corrected chi connectivity index (χ0v) is 34.0. The van der Waals surface area contributed by atoms with Gasteiger partial charge in [-0.25, -0.2) is 9.59 Å². The number of esters is 2. The second kappa shape index (κ2) is 14.4. The molecule has 0 N–H and O–H groups in total. The summed E-state index contributed by atoms with van der Waals surface area (Å²) in [6, 6.07) is 7.17. The first-order valence-electron chi connectivity index (χ1n) is 21.5. The molecule has 1 aromatic rings. The molecule has 4 nitrogen and oxygen atoms in total. The summed E-state index contributed by atoms with van der Waals surface area (Å²) in [5.74, 6) is 4.42. The lowest BCUT2D eigenvalue weighted by Gasteiger charge is -2.59. The fourth-order valence-corrected chi connectivity index (χ4v) is 13.8. The van der Waals surface area contributed by atoms with Crippen LogP contribution in [0.25, 0.3) is 0 Å². The van der Waals surface area contributed by atoms with Crippen molar-refractivity contribution in [1.29, 1.82) is 0 Å². The average molecular weight is 711 g/mol. The van der Waals surface area contributed by atoms with Gasteiger partial charge < -0.3 is 9.47 Å². The van der Waals surface area contributed by atoms with E-state index in [0.29, 0.717) is 71.7 Å². The van der Waals surface area contributed by atoms with E-state index in [1.165, 1.54) is 77.0 Å². The maximum atomic E-state index is 13.9. The Hall–Kier alpha value is -2.36. The Bertz CT molecular complexity index is 1450. The molecule has 10 atom stereocenters. The fraction of sp³-hybridized carbons (Fsp3) is 0.750. The van der Waals surface area contributed by atoms with Crippen LogP contribution < -0.4 is 0 Å². The number of hydrogen-bond donors (Lipinski definition) is 0. The lowest BCUT2D eigenvalue weighted by Crippen LogP contribution is -2.53. The first kappa shape index (κ1) is 37.9. The van der Waals surface area contributed by atoms with Gasteiger partial charge in [-0.1, -0.05) is 104 Å². The van der Waals surface area contributed by atoms with Crippen molar-refractivity contribution >= 4 is 11.9 Å². The Morgan fingerprint density at radius 3 is 1.40 bits per heavy atom. The molecule has 4 saturated carbocycles. The smallest absolute Gasteiger partial charge is 0.339 e. The highest BCUT2D eigenvalue weighted by molar-refractivity contribution is 6.03. The van der Waals surface area contributed by atoms with Gasteiger partial charge in [0.2, 0.25) is 0 Å². The predicted molar refractivity (Wildman–Crippen MR) is 211 cm³/mol. The molecule has 7 rings (SSSR count). The molecule has 0 saturated heterocycles. The summed E-state index contributed by atoms with van der Waals surface area (Å²) in [7, 11) is 0. The molecule has 0 aromatic heterocycles. The van der Waals surface area contributed by atoms with Crippen LogP contribution in [0, 0.1) is 69.0 Å². The number of benzene rings is 1. The molecule has 1 aromatic carbocycles. The molecule has 6 aliphatic rings. The fourth-order valence-electron chi connectivity index (χ4n) is 13.8. The van der Waals surface area contributed by atoms with Gasteiger partial charge in [0, 0.05) is 10.8 Å². The third kappa shape index (κ3) is 6.67. The third-order valence-electron chi connectivity index (χ3n) is 16.7. The largest absolute Gasteiger partial charge is 0.461 e. The van der Waals surface area contributed by atoms with E-state index in [1.807, 2.05) is 12.1 Å². The Morgan fingerprint density at radius 2 is 1.02 bits per heavy atom. The average Bonchev–Trinajstić information content (AvgIpc) is 3.12. The lowest BCUT2D eigenvalue weighted by molar-refractivity contribution is -0.0931. The van der Waals surface area contributed by atoms with E-state index in [9.17, 15) is 9.59 Å². The van der Waals surface area contributed by atoms with Crippen LogP contribution >= 0.6 is 0 Å². The summed E-state index contributed by atoms with van der Waals surface area (Å²) >= 11 is 0. The minimum atomic E-state index is -0.394. The minimum absolute atomic E-state index is 0.0656. The number of hydrogen-bond acceptors (Lipinski definition) is 4. The number of carbonyl (C=O) groups excluding carboxylic acids is 2. The summed E-state index contributed by atoms with van der Waals surface area (Å²) in [6.07, 6.45) is 22.2. The molecule has 4 fully saturated rings. The van der Waals surface area contributed by atoms with Gasteiger partial charge in [-0.15, -0.1) is 0 Å². The normalized spacial score (nSPS) is 40.0. The van der Waals surface area contributed by atoms with E-state index in [1.54, 1.807) is 23.3 Å². The molecule has 0 radical (unpaired) electrons. The van der Waals surface area contributed by atoms with Crippen molar-refractivity contribution in [3.05, 3.63) is 58.7 Å². The number of ether oxygens (including phenoxy) is 2. The lowest BCUT2D eigenvalue weighted by atomic mass is 9.45. The molecule has 4 heteroatoms. The molecule has 4 unspecified atom stereocenters. The Kier molecular flexibility index (Phi) is 10.5. The topological polar surface area (TPSA) is 52.6 Å². The third-order valence-corrected chi connectivity index (χ3v) is 16.7. The van der Waals surface area contributed by atoms with Crippen molar-refractivity contribution in [2.75, 3.05) is 13.2 Å². The maximum absolute atomic E-state index is 13.9. The summed E-state index contributed by atoms with van der Waals surface area (Å²) in [5, 5.41) is 0. The van der Waals surface area contributed by atoms with Gasteiger partial charge >= 0.3 is 11.9 Å². The van der Waals surface area contributed by atoms with Crippen molar-refractivity contribution in [3.8, 4) is 0 Å². The molecule has 0 heterocycles. The summed E-state index contributed by atoms with van der Waals surface area (Å²) in [5.41, 5.74) is 4.47. The van der Waals surface area contributed by atoms with Crippen molar-refractivity contribution in [1.82, 2.24) is 0 Å². The van der Waals surface area contributed by atoms with Gasteiger partial charge in [-0.3, -0.25) is 0 Å². The van der Waals surface area contributed by atoms with Crippen LogP contribution in [-0.2, 0) is 9.47 Å². The summed E-state index contributed by atoms with van der Waals surface area (Å²) in [6.45, 7) is 20.1. The first-order valence-corrected chi connectivity index (χ1v) is 21.5. The van der Waals surface area contributed by atoms with Gasteiger partial charge in [0.05, 0.1) is 24.3 Å². The van der Waals surface area contributed by atoms with Crippen LogP contribution in [0.1, 0.15) is 166 Å². The zero-order valence-electron chi connectivity index (χ0n) is 34.0. The molecule has 0 spiro atoms. The molecule has 286 valence electrons. The van der Waals surface area contributed by atoms with Crippen LogP contribution in [0.2, 0.25) is 0 Å². The van der Waals surface area contributed by atoms with Crippen molar-refractivity contribution in [2.45, 2.75) is 145 Å². The van der Waals surface area contributed by atoms with E-state index < -0.39 is 11.9 Å². The van der Waals surface area contributed by atoms with Gasteiger partial charge in [-0.2, -0.15) is 0 Å². The van der Waals surface area contributed by atoms with Crippen molar-refractivity contribution in [2.24, 2.45) is 69.0 Å². The van der Waals surface area contributed by atoms with Crippen molar-refractivity contribution < 1.29 is 19.1 Å². The minimum Gasteiger partial charge on any atom is -0.461 e. The maximum Gasteiger partial charge on any atom is 0.339 e. The highest BCUT2D eigenvalue weighted by Gasteiger charge is 2.57. The van der Waals surface area contributed by atoms with Crippen LogP contribution in [0.5, 0.6) is 0 Å². The van der Waals surface area contributed by atoms with Gasteiger partial charge in [0.25, 0.3) is 0 Å². The van der Waals surface area contributed by atoms with E-state index in [2.05, 4.69) is 67.5 Å². The molecule has 52 heavy (non-hydrogen) atoms. The Labute approximate surface area is 316 Å². The van der Waals surface area contributed by atoms with E-state index in [-0.39, 0.29) is 21.7 Å². The van der Waals surface area contributed by atoms with Crippen LogP contribution in [0.3, 0.4) is 0 Å². The quantitative estimate of drug-likeness (QED) is 0.199. The number of rotatable bonds is 8. The van der Waals surface area contributed by atoms with Crippen LogP contribution in [0.15, 0.2) is 47.6 Å². The Morgan fingerprint density at radius 1 is 0.615 bits per heavy atom. The summed E-state index contributed by atoms with van der Waals surface area (Å²) in [4.78, 5) is 27.8. The second-order valence-electron chi connectivity index (χ2n) is 20.5. The highest BCUT2D eigenvalue weighted by Crippen LogP contribution is 2.65. The standard InChI is InChI=1S/C48H70O4/c1-31(2)33-15-19-39-35(27-33)17-21-41-45(5,23-11-25-47(39,41)7)29-51-43(49)37-13-9-10-14-38(37)44(50)52-30-46(6)24-12-26-48(8)40-20-16-34(32(3)4)28-36(40)18-22-42(46)48/h9-10,13-14,27-28,31-34,39-42H,11-12,15-26,29-30H2,1-8H3/t33?,34?,39-,40-,41?,42?,45-,46-,47-,48-/m1/s1. The predicted octanol–water partition coefficient (Wildman–Crippen LogP) is 12.4. The molecular formula is C48H70O4. The van der Waals surface area contributed by atoms with E-state index in [0.717, 1.165) is 12.8 Å². The summed E-state index contributed by atoms with van der Waals surface area (Å²) < 4.78 is 12.5. The number of fused-ring (bicyclic) bond motifs is 6. The SMILES string of the molecule is CC(C)C1C=C2CCC3[C@@](C)(COC(=O)c4ccccc4C(=O)OC[C@@]4(C)CCC[C@@]5(C)C4CCC4=CC(C(C)C)CC[C@H]45)CCC[C@]3(C)[C@@H]2CC1. The molecule has 0 amide bonds. The van der Waals surface area contributed by atoms with Gasteiger partial charge in [-0.05, 0) is 147 Å². The zero-order chi connectivity index (χ0) is 37.1. The number of allylic oxidation sites excluding steroid dienone is 4. The van der Waals surface area contributed by atoms with Crippen LogP contribution in [0.4, 0.5) is 0 Å². The molecule has 6 aliphatic carbocycles. The second-order valence-corrected chi connectivity index (χ2v) is 20.5.